The van der Waals surface area contributed by atoms with Gasteiger partial charge < -0.3 is 0 Å². The highest BCUT2D eigenvalue weighted by molar-refractivity contribution is 5.84. The molecular weight excluding hydrogens is 205 g/mol. The van der Waals surface area contributed by atoms with Crippen LogP contribution >= 0.6 is 0 Å². The first kappa shape index (κ1) is 11.8. The van der Waals surface area contributed by atoms with Crippen LogP contribution in [0.15, 0.2) is 30.3 Å². The average Bonchev–Trinajstić information content (AvgIpc) is 2.17. The molecule has 0 bridgehead atoms. The number of benzene rings is 1. The first-order chi connectivity index (χ1) is 6.91. The molecule has 0 N–H and O–H groups in total. The van der Waals surface area contributed by atoms with Crippen LogP contribution in [0.4, 0.5) is 13.2 Å². The molecule has 0 radical (unpaired) electrons. The lowest BCUT2D eigenvalue weighted by Gasteiger charge is -2.12. The minimum atomic E-state index is -4.72. The molecule has 0 unspecified atom stereocenters. The van der Waals surface area contributed by atoms with Gasteiger partial charge >= 0.3 is 6.18 Å². The van der Waals surface area contributed by atoms with E-state index in [4.69, 9.17) is 0 Å². The fourth-order valence-corrected chi connectivity index (χ4v) is 1.29. The van der Waals surface area contributed by atoms with Crippen LogP contribution in [-0.2, 0) is 4.79 Å². The Morgan fingerprint density at radius 1 is 1.27 bits per heavy atom. The molecular formula is C11H11F3O. The molecule has 0 aliphatic carbocycles. The second-order valence-corrected chi connectivity index (χ2v) is 3.44. The Labute approximate surface area is 85.9 Å². The minimum absolute atomic E-state index is 0.402. The second-order valence-electron chi connectivity index (χ2n) is 3.44. The van der Waals surface area contributed by atoms with Gasteiger partial charge in [0.2, 0.25) is 5.78 Å². The Morgan fingerprint density at radius 2 is 1.80 bits per heavy atom. The number of carbonyl (C=O) groups is 1. The smallest absolute Gasteiger partial charge is 0.290 e. The summed E-state index contributed by atoms with van der Waals surface area (Å²) in [5.41, 5.74) is 0.745. The van der Waals surface area contributed by atoms with E-state index < -0.39 is 24.3 Å². The van der Waals surface area contributed by atoms with E-state index in [0.717, 1.165) is 5.56 Å². The van der Waals surface area contributed by atoms with Crippen molar-refractivity contribution >= 4 is 5.78 Å². The maximum Gasteiger partial charge on any atom is 0.449 e. The van der Waals surface area contributed by atoms with Gasteiger partial charge in [-0.3, -0.25) is 4.79 Å². The summed E-state index contributed by atoms with van der Waals surface area (Å²) in [6.45, 7) is 1.61. The highest BCUT2D eigenvalue weighted by Gasteiger charge is 2.38. The SMILES string of the molecule is C[C@H](CC(=O)C(F)(F)F)c1ccccc1. The molecule has 4 heteroatoms. The Balaban J connectivity index is 2.65. The van der Waals surface area contributed by atoms with E-state index in [1.807, 2.05) is 0 Å². The number of halogens is 3. The first-order valence-electron chi connectivity index (χ1n) is 4.56. The summed E-state index contributed by atoms with van der Waals surface area (Å²) in [6.07, 6.45) is -5.21. The lowest BCUT2D eigenvalue weighted by molar-refractivity contribution is -0.171. The van der Waals surface area contributed by atoms with Gasteiger partial charge in [0, 0.05) is 6.42 Å². The van der Waals surface area contributed by atoms with Gasteiger partial charge in [-0.05, 0) is 11.5 Å². The third kappa shape index (κ3) is 3.38. The predicted molar refractivity (Wildman–Crippen MR) is 50.5 cm³/mol. The van der Waals surface area contributed by atoms with Gasteiger partial charge in [0.25, 0.3) is 0 Å². The van der Waals surface area contributed by atoms with Gasteiger partial charge in [0.05, 0.1) is 0 Å². The average molecular weight is 216 g/mol. The summed E-state index contributed by atoms with van der Waals surface area (Å²) < 4.78 is 35.9. The maximum atomic E-state index is 12.0. The van der Waals surface area contributed by atoms with Crippen LogP contribution in [0.2, 0.25) is 0 Å². The van der Waals surface area contributed by atoms with Gasteiger partial charge in [0.1, 0.15) is 0 Å². The van der Waals surface area contributed by atoms with E-state index in [9.17, 15) is 18.0 Å². The number of rotatable bonds is 3. The fraction of sp³-hybridized carbons (Fsp3) is 0.364. The van der Waals surface area contributed by atoms with E-state index >= 15 is 0 Å². The van der Waals surface area contributed by atoms with E-state index in [-0.39, 0.29) is 0 Å². The predicted octanol–water partition coefficient (Wildman–Crippen LogP) is 3.31. The molecule has 82 valence electrons. The molecule has 0 saturated heterocycles. The van der Waals surface area contributed by atoms with E-state index in [0.29, 0.717) is 0 Å². The second kappa shape index (κ2) is 4.47. The lowest BCUT2D eigenvalue weighted by atomic mass is 9.96. The molecule has 0 aliphatic heterocycles. The Bertz CT molecular complexity index is 329. The van der Waals surface area contributed by atoms with Crippen molar-refractivity contribution in [2.75, 3.05) is 0 Å². The normalized spacial score (nSPS) is 13.6. The van der Waals surface area contributed by atoms with Gasteiger partial charge in [-0.25, -0.2) is 0 Å². The monoisotopic (exact) mass is 216 g/mol. The molecule has 0 amide bonds. The largest absolute Gasteiger partial charge is 0.449 e. The van der Waals surface area contributed by atoms with E-state index in [1.165, 1.54) is 0 Å². The molecule has 0 aliphatic rings. The van der Waals surface area contributed by atoms with Gasteiger partial charge in [-0.15, -0.1) is 0 Å². The Kier molecular flexibility index (Phi) is 3.50. The highest BCUT2D eigenvalue weighted by atomic mass is 19.4. The molecule has 0 saturated carbocycles. The zero-order chi connectivity index (χ0) is 11.5. The summed E-state index contributed by atoms with van der Waals surface area (Å²) in [5, 5.41) is 0. The molecule has 1 atom stereocenters. The van der Waals surface area contributed by atoms with Crippen LogP contribution in [0.5, 0.6) is 0 Å². The summed E-state index contributed by atoms with van der Waals surface area (Å²) in [6, 6.07) is 8.69. The molecule has 1 nitrogen and oxygen atoms in total. The van der Waals surface area contributed by atoms with Gasteiger partial charge in [-0.1, -0.05) is 37.3 Å². The van der Waals surface area contributed by atoms with Crippen LogP contribution in [0.25, 0.3) is 0 Å². The van der Waals surface area contributed by atoms with E-state index in [2.05, 4.69) is 0 Å². The first-order valence-corrected chi connectivity index (χ1v) is 4.56. The van der Waals surface area contributed by atoms with Gasteiger partial charge in [0.15, 0.2) is 0 Å². The number of Topliss-reactive ketones (excluding diaryl/α,β-unsaturated/α-hetero) is 1. The third-order valence-electron chi connectivity index (χ3n) is 2.18. The van der Waals surface area contributed by atoms with Crippen LogP contribution in [0.3, 0.4) is 0 Å². The van der Waals surface area contributed by atoms with Crippen molar-refractivity contribution in [3.8, 4) is 0 Å². The summed E-state index contributed by atoms with van der Waals surface area (Å²) in [4.78, 5) is 10.7. The molecule has 15 heavy (non-hydrogen) atoms. The number of carbonyl (C=O) groups excluding carboxylic acids is 1. The van der Waals surface area contributed by atoms with Crippen LogP contribution in [0.1, 0.15) is 24.8 Å². The number of hydrogen-bond donors (Lipinski definition) is 0. The molecule has 0 heterocycles. The lowest BCUT2D eigenvalue weighted by Crippen LogP contribution is -2.24. The topological polar surface area (TPSA) is 17.1 Å². The Morgan fingerprint density at radius 3 is 2.27 bits per heavy atom. The van der Waals surface area contributed by atoms with Crippen LogP contribution in [-0.4, -0.2) is 12.0 Å². The van der Waals surface area contributed by atoms with Crippen molar-refractivity contribution in [1.82, 2.24) is 0 Å². The molecule has 0 fully saturated rings. The molecule has 0 spiro atoms. The molecule has 1 aromatic rings. The van der Waals surface area contributed by atoms with Crippen molar-refractivity contribution in [1.29, 1.82) is 0 Å². The van der Waals surface area contributed by atoms with Crippen molar-refractivity contribution in [3.63, 3.8) is 0 Å². The zero-order valence-electron chi connectivity index (χ0n) is 8.21. The number of alkyl halides is 3. The van der Waals surface area contributed by atoms with Crippen molar-refractivity contribution in [2.45, 2.75) is 25.4 Å². The maximum absolute atomic E-state index is 12.0. The summed E-state index contributed by atoms with van der Waals surface area (Å²) in [7, 11) is 0. The number of ketones is 1. The number of hydrogen-bond acceptors (Lipinski definition) is 1. The van der Waals surface area contributed by atoms with E-state index in [1.54, 1.807) is 37.3 Å². The van der Waals surface area contributed by atoms with Crippen molar-refractivity contribution in [2.24, 2.45) is 0 Å². The quantitative estimate of drug-likeness (QED) is 0.757. The van der Waals surface area contributed by atoms with Crippen molar-refractivity contribution < 1.29 is 18.0 Å². The van der Waals surface area contributed by atoms with Crippen molar-refractivity contribution in [3.05, 3.63) is 35.9 Å². The summed E-state index contributed by atoms with van der Waals surface area (Å²) >= 11 is 0. The standard InChI is InChI=1S/C11H11F3O/c1-8(7-10(15)11(12,13)14)9-5-3-2-4-6-9/h2-6,8H,7H2,1H3/t8-/m1/s1. The minimum Gasteiger partial charge on any atom is -0.290 e. The third-order valence-corrected chi connectivity index (χ3v) is 2.18. The molecule has 1 rings (SSSR count). The van der Waals surface area contributed by atoms with Gasteiger partial charge in [-0.2, -0.15) is 13.2 Å². The fourth-order valence-electron chi connectivity index (χ4n) is 1.29. The van der Waals surface area contributed by atoms with Crippen LogP contribution < -0.4 is 0 Å². The van der Waals surface area contributed by atoms with Crippen LogP contribution in [0, 0.1) is 0 Å². The zero-order valence-corrected chi connectivity index (χ0v) is 8.21. The Hall–Kier alpha value is -1.32. The molecule has 1 aromatic carbocycles. The highest BCUT2D eigenvalue weighted by Crippen LogP contribution is 2.25. The molecule has 0 aromatic heterocycles. The summed E-state index contributed by atoms with van der Waals surface area (Å²) in [5.74, 6) is -2.07.